The average molecular weight is 338 g/mol. The molecule has 3 rings (SSSR count). The minimum atomic E-state index is -0.379. The molecule has 4 nitrogen and oxygen atoms in total. The maximum absolute atomic E-state index is 11.8. The summed E-state index contributed by atoms with van der Waals surface area (Å²) in [5, 5.41) is 13.1. The molecule has 1 heterocycles. The third-order valence-electron chi connectivity index (χ3n) is 4.66. The Morgan fingerprint density at radius 3 is 2.60 bits per heavy atom. The Bertz CT molecular complexity index is 916. The van der Waals surface area contributed by atoms with E-state index in [2.05, 4.69) is 36.5 Å². The van der Waals surface area contributed by atoms with Gasteiger partial charge in [0.25, 0.3) is 0 Å². The largest absolute Gasteiger partial charge is 0.508 e. The molecule has 0 saturated heterocycles. The summed E-state index contributed by atoms with van der Waals surface area (Å²) >= 11 is 0. The van der Waals surface area contributed by atoms with Gasteiger partial charge in [0.15, 0.2) is 0 Å². The van der Waals surface area contributed by atoms with E-state index in [1.54, 1.807) is 12.1 Å². The standard InChI is InChI=1S/C21H23NO3/c1-3-15-9-18-17(10-21(24)25-20(18)11-19(15)23)13-22-12-14(2)16-7-5-4-6-8-16/h4-11,14,22-23H,3,12-13H2,1-2H3/p+1/t14-/m0/s1. The molecule has 0 aliphatic rings. The Hall–Kier alpha value is -2.59. The number of quaternary nitrogens is 1. The van der Waals surface area contributed by atoms with E-state index in [0.717, 1.165) is 29.5 Å². The Morgan fingerprint density at radius 2 is 1.88 bits per heavy atom. The lowest BCUT2D eigenvalue weighted by Gasteiger charge is -2.12. The second-order valence-corrected chi connectivity index (χ2v) is 6.46. The van der Waals surface area contributed by atoms with Gasteiger partial charge < -0.3 is 14.8 Å². The van der Waals surface area contributed by atoms with Gasteiger partial charge in [-0.1, -0.05) is 44.2 Å². The minimum absolute atomic E-state index is 0.178. The molecule has 0 bridgehead atoms. The molecule has 25 heavy (non-hydrogen) atoms. The summed E-state index contributed by atoms with van der Waals surface area (Å²) in [5.74, 6) is 0.611. The second-order valence-electron chi connectivity index (χ2n) is 6.46. The zero-order chi connectivity index (χ0) is 17.8. The van der Waals surface area contributed by atoms with E-state index in [4.69, 9.17) is 4.42 Å². The van der Waals surface area contributed by atoms with Crippen molar-refractivity contribution in [2.24, 2.45) is 0 Å². The van der Waals surface area contributed by atoms with Crippen molar-refractivity contribution in [1.82, 2.24) is 0 Å². The normalized spacial score (nSPS) is 12.4. The molecule has 1 aromatic heterocycles. The predicted molar refractivity (Wildman–Crippen MR) is 98.9 cm³/mol. The van der Waals surface area contributed by atoms with E-state index < -0.39 is 0 Å². The summed E-state index contributed by atoms with van der Waals surface area (Å²) in [6.07, 6.45) is 0.731. The molecule has 0 spiro atoms. The van der Waals surface area contributed by atoms with Crippen LogP contribution in [0.4, 0.5) is 0 Å². The highest BCUT2D eigenvalue weighted by Crippen LogP contribution is 2.26. The fourth-order valence-electron chi connectivity index (χ4n) is 3.17. The molecular formula is C21H24NO3+. The van der Waals surface area contributed by atoms with E-state index >= 15 is 0 Å². The number of phenols is 1. The number of nitrogens with two attached hydrogens (primary N) is 1. The molecule has 0 aliphatic heterocycles. The summed E-state index contributed by atoms with van der Waals surface area (Å²) in [5.41, 5.74) is 3.19. The van der Waals surface area contributed by atoms with Crippen LogP contribution < -0.4 is 10.9 Å². The number of hydrogen-bond donors (Lipinski definition) is 2. The third-order valence-corrected chi connectivity index (χ3v) is 4.66. The summed E-state index contributed by atoms with van der Waals surface area (Å²) in [4.78, 5) is 11.8. The average Bonchev–Trinajstić information content (AvgIpc) is 2.61. The first kappa shape index (κ1) is 17.2. The molecule has 3 aromatic rings. The van der Waals surface area contributed by atoms with Crippen LogP contribution in [-0.4, -0.2) is 11.7 Å². The Labute approximate surface area is 147 Å². The number of fused-ring (bicyclic) bond motifs is 1. The lowest BCUT2D eigenvalue weighted by atomic mass is 10.0. The molecule has 130 valence electrons. The fraction of sp³-hybridized carbons (Fsp3) is 0.286. The zero-order valence-electron chi connectivity index (χ0n) is 14.7. The summed E-state index contributed by atoms with van der Waals surface area (Å²) < 4.78 is 5.25. The van der Waals surface area contributed by atoms with Crippen molar-refractivity contribution in [3.05, 3.63) is 75.6 Å². The van der Waals surface area contributed by atoms with Gasteiger partial charge in [0.05, 0.1) is 6.54 Å². The number of aryl methyl sites for hydroxylation is 1. The van der Waals surface area contributed by atoms with Crippen molar-refractivity contribution in [3.8, 4) is 5.75 Å². The molecule has 3 N–H and O–H groups in total. The van der Waals surface area contributed by atoms with Crippen LogP contribution >= 0.6 is 0 Å². The number of benzene rings is 2. The number of rotatable bonds is 6. The van der Waals surface area contributed by atoms with E-state index in [9.17, 15) is 9.90 Å². The lowest BCUT2D eigenvalue weighted by molar-refractivity contribution is -0.672. The zero-order valence-corrected chi connectivity index (χ0v) is 14.7. The second kappa shape index (κ2) is 7.53. The molecule has 1 atom stereocenters. The molecule has 0 radical (unpaired) electrons. The molecule has 0 saturated carbocycles. The number of aromatic hydroxyl groups is 1. The Balaban J connectivity index is 1.80. The van der Waals surface area contributed by atoms with Crippen LogP contribution in [0.25, 0.3) is 11.0 Å². The van der Waals surface area contributed by atoms with Gasteiger partial charge in [-0.05, 0) is 23.6 Å². The van der Waals surface area contributed by atoms with Crippen LogP contribution in [-0.2, 0) is 13.0 Å². The van der Waals surface area contributed by atoms with Gasteiger partial charge in [-0.15, -0.1) is 0 Å². The molecule has 0 aliphatic carbocycles. The first-order valence-electron chi connectivity index (χ1n) is 8.73. The highest BCUT2D eigenvalue weighted by atomic mass is 16.4. The summed E-state index contributed by atoms with van der Waals surface area (Å²) in [6.45, 7) is 5.83. The van der Waals surface area contributed by atoms with E-state index in [1.807, 2.05) is 19.1 Å². The van der Waals surface area contributed by atoms with E-state index in [0.29, 0.717) is 18.0 Å². The predicted octanol–water partition coefficient (Wildman–Crippen LogP) is 2.93. The van der Waals surface area contributed by atoms with Gasteiger partial charge in [0.1, 0.15) is 17.9 Å². The van der Waals surface area contributed by atoms with Crippen LogP contribution in [0.2, 0.25) is 0 Å². The Morgan fingerprint density at radius 1 is 1.12 bits per heavy atom. The molecule has 0 unspecified atom stereocenters. The van der Waals surface area contributed by atoms with Gasteiger partial charge in [0, 0.05) is 29.0 Å². The van der Waals surface area contributed by atoms with Crippen molar-refractivity contribution in [2.45, 2.75) is 32.7 Å². The van der Waals surface area contributed by atoms with Gasteiger partial charge in [0.2, 0.25) is 0 Å². The van der Waals surface area contributed by atoms with Crippen LogP contribution in [0.5, 0.6) is 5.75 Å². The molecular weight excluding hydrogens is 314 g/mol. The van der Waals surface area contributed by atoms with Crippen LogP contribution in [0.1, 0.15) is 36.5 Å². The molecule has 0 amide bonds. The first-order chi connectivity index (χ1) is 12.1. The monoisotopic (exact) mass is 338 g/mol. The van der Waals surface area contributed by atoms with Crippen LogP contribution in [0.3, 0.4) is 0 Å². The fourth-order valence-corrected chi connectivity index (χ4v) is 3.17. The van der Waals surface area contributed by atoms with Gasteiger partial charge in [-0.3, -0.25) is 0 Å². The Kier molecular flexibility index (Phi) is 5.19. The van der Waals surface area contributed by atoms with Crippen molar-refractivity contribution in [2.75, 3.05) is 6.54 Å². The quantitative estimate of drug-likeness (QED) is 0.679. The van der Waals surface area contributed by atoms with E-state index in [1.165, 1.54) is 5.56 Å². The minimum Gasteiger partial charge on any atom is -0.508 e. The van der Waals surface area contributed by atoms with Crippen LogP contribution in [0, 0.1) is 0 Å². The molecule has 0 fully saturated rings. The maximum Gasteiger partial charge on any atom is 0.336 e. The maximum atomic E-state index is 11.8. The number of phenolic OH excluding ortho intramolecular Hbond substituents is 1. The third kappa shape index (κ3) is 3.91. The van der Waals surface area contributed by atoms with Crippen molar-refractivity contribution < 1.29 is 14.8 Å². The molecule has 4 heteroatoms. The van der Waals surface area contributed by atoms with E-state index in [-0.39, 0.29) is 11.4 Å². The first-order valence-corrected chi connectivity index (χ1v) is 8.73. The van der Waals surface area contributed by atoms with Crippen molar-refractivity contribution >= 4 is 11.0 Å². The lowest BCUT2D eigenvalue weighted by Crippen LogP contribution is -2.83. The van der Waals surface area contributed by atoms with Gasteiger partial charge in [-0.2, -0.15) is 0 Å². The van der Waals surface area contributed by atoms with Crippen LogP contribution in [0.15, 0.2) is 57.7 Å². The van der Waals surface area contributed by atoms with Crippen molar-refractivity contribution in [3.63, 3.8) is 0 Å². The highest BCUT2D eigenvalue weighted by molar-refractivity contribution is 5.82. The van der Waals surface area contributed by atoms with Gasteiger partial charge in [-0.25, -0.2) is 4.79 Å². The summed E-state index contributed by atoms with van der Waals surface area (Å²) in [6, 6.07) is 15.4. The highest BCUT2D eigenvalue weighted by Gasteiger charge is 2.12. The van der Waals surface area contributed by atoms with Gasteiger partial charge >= 0.3 is 5.63 Å². The smallest absolute Gasteiger partial charge is 0.336 e. The summed E-state index contributed by atoms with van der Waals surface area (Å²) in [7, 11) is 0. The topological polar surface area (TPSA) is 67.0 Å². The van der Waals surface area contributed by atoms with Crippen molar-refractivity contribution in [1.29, 1.82) is 0 Å². The SMILES string of the molecule is CCc1cc2c(C[NH2+]C[C@H](C)c3ccccc3)cc(=O)oc2cc1O. The number of hydrogen-bond acceptors (Lipinski definition) is 3. The molecule has 2 aromatic carbocycles.